The lowest BCUT2D eigenvalue weighted by Crippen LogP contribution is -2.46. The molecule has 1 heterocycles. The van der Waals surface area contributed by atoms with Gasteiger partial charge in [-0.1, -0.05) is 17.7 Å². The fraction of sp³-hybridized carbons (Fsp3) is 0.462. The van der Waals surface area contributed by atoms with E-state index in [1.54, 1.807) is 12.1 Å². The lowest BCUT2D eigenvalue weighted by Gasteiger charge is -2.35. The number of benzene rings is 1. The lowest BCUT2D eigenvalue weighted by molar-refractivity contribution is -0.140. The molecule has 0 aromatic heterocycles. The monoisotopic (exact) mass is 287 g/mol. The number of hydrogen-bond acceptors (Lipinski definition) is 3. The molecular weight excluding hydrogens is 273 g/mol. The molecular formula is C13H15ClFNO3. The number of carbonyl (C=O) groups is 1. The topological polar surface area (TPSA) is 49.8 Å². The Labute approximate surface area is 115 Å². The fourth-order valence-electron chi connectivity index (χ4n) is 2.17. The van der Waals surface area contributed by atoms with E-state index in [4.69, 9.17) is 21.4 Å². The highest BCUT2D eigenvalue weighted by atomic mass is 35.5. The molecule has 1 aromatic carbocycles. The van der Waals surface area contributed by atoms with E-state index < -0.39 is 5.97 Å². The predicted molar refractivity (Wildman–Crippen MR) is 68.7 cm³/mol. The summed E-state index contributed by atoms with van der Waals surface area (Å²) in [5.74, 6) is -1.26. The maximum absolute atomic E-state index is 13.7. The van der Waals surface area contributed by atoms with Crippen LogP contribution in [0.4, 0.5) is 4.39 Å². The number of aliphatic carboxylic acids is 1. The van der Waals surface area contributed by atoms with E-state index in [0.29, 0.717) is 36.9 Å². The van der Waals surface area contributed by atoms with Crippen molar-refractivity contribution >= 4 is 17.6 Å². The Bertz CT molecular complexity index is 449. The van der Waals surface area contributed by atoms with Crippen molar-refractivity contribution < 1.29 is 19.0 Å². The number of rotatable bonds is 4. The molecule has 1 aromatic rings. The van der Waals surface area contributed by atoms with Crippen LogP contribution in [0.15, 0.2) is 18.2 Å². The highest BCUT2D eigenvalue weighted by Gasteiger charge is 2.26. The summed E-state index contributed by atoms with van der Waals surface area (Å²) >= 11 is 5.99. The summed E-state index contributed by atoms with van der Waals surface area (Å²) in [6.07, 6.45) is -0.0218. The van der Waals surface area contributed by atoms with Gasteiger partial charge in [-0.3, -0.25) is 9.69 Å². The van der Waals surface area contributed by atoms with Crippen LogP contribution in [-0.4, -0.2) is 41.8 Å². The Morgan fingerprint density at radius 2 is 2.37 bits per heavy atom. The molecule has 0 spiro atoms. The maximum atomic E-state index is 13.7. The third-order valence-corrected chi connectivity index (χ3v) is 3.54. The minimum Gasteiger partial charge on any atom is -0.481 e. The number of carboxylic acids is 1. The van der Waals surface area contributed by atoms with Crippen LogP contribution in [-0.2, 0) is 16.1 Å². The molecule has 2 rings (SSSR count). The van der Waals surface area contributed by atoms with E-state index in [9.17, 15) is 9.18 Å². The van der Waals surface area contributed by atoms with Crippen molar-refractivity contribution in [2.75, 3.05) is 19.8 Å². The maximum Gasteiger partial charge on any atom is 0.305 e. The van der Waals surface area contributed by atoms with Crippen LogP contribution in [0.5, 0.6) is 0 Å². The average Bonchev–Trinajstić information content (AvgIpc) is 2.35. The predicted octanol–water partition coefficient (Wildman–Crippen LogP) is 2.15. The molecule has 4 nitrogen and oxygen atoms in total. The van der Waals surface area contributed by atoms with Crippen molar-refractivity contribution in [3.8, 4) is 0 Å². The van der Waals surface area contributed by atoms with Gasteiger partial charge in [0.25, 0.3) is 0 Å². The quantitative estimate of drug-likeness (QED) is 0.922. The molecule has 1 N–H and O–H groups in total. The summed E-state index contributed by atoms with van der Waals surface area (Å²) in [5, 5.41) is 9.24. The molecule has 1 unspecified atom stereocenters. The van der Waals surface area contributed by atoms with Crippen LogP contribution in [0.3, 0.4) is 0 Å². The number of carboxylic acid groups (broad SMARTS) is 1. The molecule has 1 fully saturated rings. The van der Waals surface area contributed by atoms with E-state index in [-0.39, 0.29) is 18.3 Å². The van der Waals surface area contributed by atoms with Crippen molar-refractivity contribution in [3.05, 3.63) is 34.6 Å². The number of nitrogens with zero attached hydrogens (tertiary/aromatic N) is 1. The standard InChI is InChI=1S/C13H15ClFNO3/c14-11-2-1-3-12(15)10(11)7-16-4-5-19-8-9(16)6-13(17)18/h1-3,9H,4-8H2,(H,17,18). The Kier molecular flexibility index (Phi) is 4.74. The summed E-state index contributed by atoms with van der Waals surface area (Å²) in [7, 11) is 0. The second kappa shape index (κ2) is 6.32. The van der Waals surface area contributed by atoms with E-state index in [0.717, 1.165) is 0 Å². The van der Waals surface area contributed by atoms with Crippen molar-refractivity contribution in [2.24, 2.45) is 0 Å². The molecule has 19 heavy (non-hydrogen) atoms. The third kappa shape index (κ3) is 3.65. The molecule has 0 amide bonds. The molecule has 6 heteroatoms. The van der Waals surface area contributed by atoms with Gasteiger partial charge < -0.3 is 9.84 Å². The third-order valence-electron chi connectivity index (χ3n) is 3.18. The average molecular weight is 288 g/mol. The van der Waals surface area contributed by atoms with Crippen LogP contribution in [0.25, 0.3) is 0 Å². The molecule has 0 aliphatic carbocycles. The van der Waals surface area contributed by atoms with E-state index in [1.165, 1.54) is 6.07 Å². The van der Waals surface area contributed by atoms with Gasteiger partial charge in [0.1, 0.15) is 5.82 Å². The number of morpholine rings is 1. The second-order valence-corrected chi connectivity index (χ2v) is 4.90. The normalized spacial score (nSPS) is 20.4. The first kappa shape index (κ1) is 14.2. The van der Waals surface area contributed by atoms with Crippen LogP contribution < -0.4 is 0 Å². The number of hydrogen-bond donors (Lipinski definition) is 1. The first-order valence-corrected chi connectivity index (χ1v) is 6.42. The van der Waals surface area contributed by atoms with Gasteiger partial charge in [0.2, 0.25) is 0 Å². The first-order valence-electron chi connectivity index (χ1n) is 6.04. The zero-order valence-corrected chi connectivity index (χ0v) is 11.1. The Hall–Kier alpha value is -1.17. The molecule has 0 saturated carbocycles. The van der Waals surface area contributed by atoms with Gasteiger partial charge in [-0.25, -0.2) is 4.39 Å². The molecule has 1 saturated heterocycles. The van der Waals surface area contributed by atoms with Gasteiger partial charge in [-0.2, -0.15) is 0 Å². The Morgan fingerprint density at radius 3 is 3.05 bits per heavy atom. The smallest absolute Gasteiger partial charge is 0.305 e. The molecule has 1 atom stereocenters. The van der Waals surface area contributed by atoms with Gasteiger partial charge in [0.15, 0.2) is 0 Å². The van der Waals surface area contributed by atoms with Gasteiger partial charge in [-0.15, -0.1) is 0 Å². The van der Waals surface area contributed by atoms with Crippen molar-refractivity contribution in [3.63, 3.8) is 0 Å². The van der Waals surface area contributed by atoms with Gasteiger partial charge >= 0.3 is 5.97 Å². The zero-order chi connectivity index (χ0) is 13.8. The Morgan fingerprint density at radius 1 is 1.58 bits per heavy atom. The van der Waals surface area contributed by atoms with Crippen LogP contribution in [0, 0.1) is 5.82 Å². The molecule has 0 bridgehead atoms. The van der Waals surface area contributed by atoms with Crippen LogP contribution >= 0.6 is 11.6 Å². The summed E-state index contributed by atoms with van der Waals surface area (Å²) in [6, 6.07) is 4.29. The van der Waals surface area contributed by atoms with E-state index in [1.807, 2.05) is 4.90 Å². The summed E-state index contributed by atoms with van der Waals surface area (Å²) in [4.78, 5) is 12.7. The zero-order valence-electron chi connectivity index (χ0n) is 10.3. The molecule has 1 aliphatic heterocycles. The minimum absolute atomic E-state index is 0.0218. The van der Waals surface area contributed by atoms with Crippen molar-refractivity contribution in [1.82, 2.24) is 4.90 Å². The second-order valence-electron chi connectivity index (χ2n) is 4.50. The van der Waals surface area contributed by atoms with E-state index >= 15 is 0 Å². The largest absolute Gasteiger partial charge is 0.481 e. The van der Waals surface area contributed by atoms with Gasteiger partial charge in [0.05, 0.1) is 19.6 Å². The molecule has 0 radical (unpaired) electrons. The minimum atomic E-state index is -0.889. The highest BCUT2D eigenvalue weighted by molar-refractivity contribution is 6.31. The van der Waals surface area contributed by atoms with Gasteiger partial charge in [-0.05, 0) is 12.1 Å². The summed E-state index contributed by atoms with van der Waals surface area (Å²) in [6.45, 7) is 1.73. The SMILES string of the molecule is O=C(O)CC1COCCN1Cc1c(F)cccc1Cl. The van der Waals surface area contributed by atoms with Crippen molar-refractivity contribution in [2.45, 2.75) is 19.0 Å². The van der Waals surface area contributed by atoms with Gasteiger partial charge in [0, 0.05) is 29.7 Å². The summed E-state index contributed by atoms with van der Waals surface area (Å²) in [5.41, 5.74) is 0.404. The lowest BCUT2D eigenvalue weighted by atomic mass is 10.1. The molecule has 104 valence electrons. The number of halogens is 2. The molecule has 1 aliphatic rings. The Balaban J connectivity index is 2.13. The fourth-order valence-corrected chi connectivity index (χ4v) is 2.40. The van der Waals surface area contributed by atoms with Crippen LogP contribution in [0.1, 0.15) is 12.0 Å². The highest BCUT2D eigenvalue weighted by Crippen LogP contribution is 2.23. The first-order chi connectivity index (χ1) is 9.08. The summed E-state index contributed by atoms with van der Waals surface area (Å²) < 4.78 is 19.0. The number of ether oxygens (including phenoxy) is 1. The van der Waals surface area contributed by atoms with E-state index in [2.05, 4.69) is 0 Å². The van der Waals surface area contributed by atoms with Crippen molar-refractivity contribution in [1.29, 1.82) is 0 Å². The van der Waals surface area contributed by atoms with Crippen LogP contribution in [0.2, 0.25) is 5.02 Å².